The standard InChI is InChI=1S/C11H12N2O3/c1-2-3-4-7-16-11(15)13-8-10(5-6-14)12-9-13/h1,6,8-9H,3-5,7H2. The van der Waals surface area contributed by atoms with E-state index >= 15 is 0 Å². The topological polar surface area (TPSA) is 61.2 Å². The molecule has 5 nitrogen and oxygen atoms in total. The van der Waals surface area contributed by atoms with Crippen molar-refractivity contribution in [3.8, 4) is 12.3 Å². The van der Waals surface area contributed by atoms with E-state index in [1.54, 1.807) is 0 Å². The summed E-state index contributed by atoms with van der Waals surface area (Å²) in [6.07, 6.45) is 9.47. The van der Waals surface area contributed by atoms with Crippen molar-refractivity contribution < 1.29 is 14.3 Å². The van der Waals surface area contributed by atoms with Crippen LogP contribution in [0.3, 0.4) is 0 Å². The molecule has 0 saturated carbocycles. The highest BCUT2D eigenvalue weighted by Gasteiger charge is 2.06. The molecule has 1 aromatic heterocycles. The third-order valence-electron chi connectivity index (χ3n) is 1.83. The summed E-state index contributed by atoms with van der Waals surface area (Å²) in [4.78, 5) is 25.5. The lowest BCUT2D eigenvalue weighted by Gasteiger charge is -2.02. The van der Waals surface area contributed by atoms with Crippen molar-refractivity contribution in [2.75, 3.05) is 6.61 Å². The first-order valence-corrected chi connectivity index (χ1v) is 4.85. The van der Waals surface area contributed by atoms with Gasteiger partial charge in [-0.3, -0.25) is 0 Å². The third kappa shape index (κ3) is 3.58. The summed E-state index contributed by atoms with van der Waals surface area (Å²) in [6, 6.07) is 0. The molecule has 0 aromatic carbocycles. The molecule has 0 spiro atoms. The van der Waals surface area contributed by atoms with Crippen LogP contribution in [0.1, 0.15) is 18.5 Å². The number of terminal acetylenes is 1. The zero-order valence-corrected chi connectivity index (χ0v) is 8.76. The van der Waals surface area contributed by atoms with Gasteiger partial charge >= 0.3 is 6.09 Å². The van der Waals surface area contributed by atoms with E-state index in [-0.39, 0.29) is 13.0 Å². The molecule has 0 aliphatic rings. The maximum absolute atomic E-state index is 11.4. The van der Waals surface area contributed by atoms with Gasteiger partial charge in [0.1, 0.15) is 12.6 Å². The Labute approximate surface area is 93.4 Å². The van der Waals surface area contributed by atoms with E-state index in [1.165, 1.54) is 17.1 Å². The number of aromatic nitrogens is 2. The predicted octanol–water partition coefficient (Wildman–Crippen LogP) is 1.02. The number of ether oxygens (including phenoxy) is 1. The quantitative estimate of drug-likeness (QED) is 0.422. The van der Waals surface area contributed by atoms with E-state index in [9.17, 15) is 9.59 Å². The molecule has 0 amide bonds. The van der Waals surface area contributed by atoms with E-state index in [0.29, 0.717) is 18.5 Å². The Morgan fingerprint density at radius 3 is 3.19 bits per heavy atom. The Morgan fingerprint density at radius 1 is 1.69 bits per heavy atom. The lowest BCUT2D eigenvalue weighted by molar-refractivity contribution is -0.107. The Hall–Kier alpha value is -2.09. The molecule has 0 N–H and O–H groups in total. The number of unbranched alkanes of at least 4 members (excludes halogenated alkanes) is 1. The molecule has 84 valence electrons. The Bertz CT molecular complexity index is 404. The first-order valence-electron chi connectivity index (χ1n) is 4.85. The van der Waals surface area contributed by atoms with E-state index in [0.717, 1.165) is 6.29 Å². The molecule has 0 saturated heterocycles. The molecular weight excluding hydrogens is 208 g/mol. The predicted molar refractivity (Wildman–Crippen MR) is 56.8 cm³/mol. The molecule has 0 atom stereocenters. The van der Waals surface area contributed by atoms with E-state index in [1.807, 2.05) is 0 Å². The van der Waals surface area contributed by atoms with E-state index < -0.39 is 6.09 Å². The molecule has 0 aliphatic heterocycles. The molecule has 1 aromatic rings. The van der Waals surface area contributed by atoms with Crippen LogP contribution in [-0.4, -0.2) is 28.5 Å². The normalized spacial score (nSPS) is 9.44. The average molecular weight is 220 g/mol. The van der Waals surface area contributed by atoms with Gasteiger partial charge in [-0.05, 0) is 6.42 Å². The monoisotopic (exact) mass is 220 g/mol. The molecule has 0 radical (unpaired) electrons. The van der Waals surface area contributed by atoms with E-state index in [4.69, 9.17) is 11.2 Å². The van der Waals surface area contributed by atoms with E-state index in [2.05, 4.69) is 10.9 Å². The number of hydrogen-bond donors (Lipinski definition) is 0. The second kappa shape index (κ2) is 6.40. The summed E-state index contributed by atoms with van der Waals surface area (Å²) in [7, 11) is 0. The van der Waals surface area contributed by atoms with Crippen molar-refractivity contribution in [3.05, 3.63) is 18.2 Å². The minimum absolute atomic E-state index is 0.192. The van der Waals surface area contributed by atoms with Crippen LogP contribution in [-0.2, 0) is 16.0 Å². The number of carbonyl (C=O) groups is 2. The number of hydrogen-bond acceptors (Lipinski definition) is 4. The fraction of sp³-hybridized carbons (Fsp3) is 0.364. The smallest absolute Gasteiger partial charge is 0.419 e. The highest BCUT2D eigenvalue weighted by Crippen LogP contribution is 1.98. The average Bonchev–Trinajstić information content (AvgIpc) is 2.73. The molecule has 0 bridgehead atoms. The molecule has 1 rings (SSSR count). The van der Waals surface area contributed by atoms with Gasteiger partial charge in [0.15, 0.2) is 0 Å². The van der Waals surface area contributed by atoms with Gasteiger partial charge in [-0.15, -0.1) is 12.3 Å². The highest BCUT2D eigenvalue weighted by molar-refractivity contribution is 5.70. The number of carbonyl (C=O) groups excluding carboxylic acids is 2. The van der Waals surface area contributed by atoms with Crippen LogP contribution in [0.25, 0.3) is 0 Å². The number of nitrogens with zero attached hydrogens (tertiary/aromatic N) is 2. The molecule has 1 heterocycles. The second-order valence-corrected chi connectivity index (χ2v) is 3.07. The van der Waals surface area contributed by atoms with Gasteiger partial charge in [-0.1, -0.05) is 0 Å². The number of aldehydes is 1. The number of imidazole rings is 1. The molecular formula is C11H12N2O3. The van der Waals surface area contributed by atoms with Crippen LogP contribution >= 0.6 is 0 Å². The molecule has 0 unspecified atom stereocenters. The number of rotatable bonds is 5. The summed E-state index contributed by atoms with van der Waals surface area (Å²) in [5, 5.41) is 0. The highest BCUT2D eigenvalue weighted by atomic mass is 16.5. The summed E-state index contributed by atoms with van der Waals surface area (Å²) >= 11 is 0. The van der Waals surface area contributed by atoms with Gasteiger partial charge in [0.2, 0.25) is 0 Å². The van der Waals surface area contributed by atoms with Crippen molar-refractivity contribution in [2.45, 2.75) is 19.3 Å². The lowest BCUT2D eigenvalue weighted by atomic mass is 10.3. The maximum Gasteiger partial charge on any atom is 0.419 e. The zero-order valence-electron chi connectivity index (χ0n) is 8.76. The minimum atomic E-state index is -0.512. The van der Waals surface area contributed by atoms with Gasteiger partial charge in [0.05, 0.1) is 12.3 Å². The van der Waals surface area contributed by atoms with Crippen molar-refractivity contribution >= 4 is 12.4 Å². The van der Waals surface area contributed by atoms with Crippen LogP contribution < -0.4 is 0 Å². The van der Waals surface area contributed by atoms with Gasteiger partial charge in [0, 0.05) is 19.0 Å². The first kappa shape index (κ1) is 12.0. The fourth-order valence-corrected chi connectivity index (χ4v) is 1.06. The van der Waals surface area contributed by atoms with Gasteiger partial charge < -0.3 is 9.53 Å². The molecule has 0 fully saturated rings. The third-order valence-corrected chi connectivity index (χ3v) is 1.83. The van der Waals surface area contributed by atoms with Crippen LogP contribution in [0.2, 0.25) is 0 Å². The van der Waals surface area contributed by atoms with Crippen LogP contribution in [0.5, 0.6) is 0 Å². The van der Waals surface area contributed by atoms with Crippen molar-refractivity contribution in [1.29, 1.82) is 0 Å². The zero-order chi connectivity index (χ0) is 11.8. The van der Waals surface area contributed by atoms with Gasteiger partial charge in [-0.25, -0.2) is 14.3 Å². The minimum Gasteiger partial charge on any atom is -0.449 e. The van der Waals surface area contributed by atoms with Crippen molar-refractivity contribution in [3.63, 3.8) is 0 Å². The van der Waals surface area contributed by atoms with Crippen LogP contribution in [0, 0.1) is 12.3 Å². The van der Waals surface area contributed by atoms with Gasteiger partial charge in [-0.2, -0.15) is 0 Å². The fourth-order valence-electron chi connectivity index (χ4n) is 1.06. The van der Waals surface area contributed by atoms with Gasteiger partial charge in [0.25, 0.3) is 0 Å². The second-order valence-electron chi connectivity index (χ2n) is 3.07. The summed E-state index contributed by atoms with van der Waals surface area (Å²) in [5.74, 6) is 2.45. The van der Waals surface area contributed by atoms with Crippen molar-refractivity contribution in [1.82, 2.24) is 9.55 Å². The SMILES string of the molecule is C#CCCCOC(=O)n1cnc(CC=O)c1. The largest absolute Gasteiger partial charge is 0.449 e. The molecule has 0 aliphatic carbocycles. The Morgan fingerprint density at radius 2 is 2.50 bits per heavy atom. The molecule has 5 heteroatoms. The lowest BCUT2D eigenvalue weighted by Crippen LogP contribution is -2.12. The van der Waals surface area contributed by atoms with Crippen molar-refractivity contribution in [2.24, 2.45) is 0 Å². The molecule has 16 heavy (non-hydrogen) atoms. The first-order chi connectivity index (χ1) is 7.77. The summed E-state index contributed by atoms with van der Waals surface area (Å²) in [5.41, 5.74) is 0.538. The van der Waals surface area contributed by atoms with Crippen LogP contribution in [0.4, 0.5) is 4.79 Å². The Kier molecular flexibility index (Phi) is 4.80. The summed E-state index contributed by atoms with van der Waals surface area (Å²) in [6.45, 7) is 0.282. The maximum atomic E-state index is 11.4. The summed E-state index contributed by atoms with van der Waals surface area (Å²) < 4.78 is 6.12. The Balaban J connectivity index is 2.40. The van der Waals surface area contributed by atoms with Crippen LogP contribution in [0.15, 0.2) is 12.5 Å².